The average Bonchev–Trinajstić information content (AvgIpc) is 2.92. The number of nitrogens with zero attached hydrogens (tertiary/aromatic N) is 6. The zero-order valence-corrected chi connectivity index (χ0v) is 11.9. The predicted molar refractivity (Wildman–Crippen MR) is 78.0 cm³/mol. The summed E-state index contributed by atoms with van der Waals surface area (Å²) in [7, 11) is 0. The van der Waals surface area contributed by atoms with E-state index in [0.29, 0.717) is 6.54 Å². The lowest BCUT2D eigenvalue weighted by Crippen LogP contribution is -2.04. The van der Waals surface area contributed by atoms with Gasteiger partial charge in [-0.05, 0) is 48.5 Å². The van der Waals surface area contributed by atoms with Crippen LogP contribution in [0.25, 0.3) is 5.69 Å². The summed E-state index contributed by atoms with van der Waals surface area (Å²) in [6.07, 6.45) is 1.76. The van der Waals surface area contributed by atoms with Gasteiger partial charge >= 0.3 is 0 Å². The molecule has 0 bridgehead atoms. The fourth-order valence-electron chi connectivity index (χ4n) is 2.01. The summed E-state index contributed by atoms with van der Waals surface area (Å²) in [5.74, 6) is 1.52. The van der Waals surface area contributed by atoms with E-state index in [-0.39, 0.29) is 0 Å². The van der Waals surface area contributed by atoms with Crippen LogP contribution in [0.1, 0.15) is 17.3 Å². The van der Waals surface area contributed by atoms with Crippen molar-refractivity contribution in [2.45, 2.75) is 20.4 Å². The lowest BCUT2D eigenvalue weighted by atomic mass is 10.2. The van der Waals surface area contributed by atoms with Crippen LogP contribution in [0.3, 0.4) is 0 Å². The fraction of sp³-hybridized carbons (Fsp3) is 0.214. The molecule has 21 heavy (non-hydrogen) atoms. The van der Waals surface area contributed by atoms with E-state index in [9.17, 15) is 0 Å². The Kier molecular flexibility index (Phi) is 3.55. The van der Waals surface area contributed by atoms with Crippen LogP contribution in [-0.4, -0.2) is 30.2 Å². The van der Waals surface area contributed by atoms with Crippen molar-refractivity contribution in [2.75, 3.05) is 5.32 Å². The van der Waals surface area contributed by atoms with Crippen LogP contribution in [0, 0.1) is 13.8 Å². The Balaban J connectivity index is 1.76. The van der Waals surface area contributed by atoms with Crippen molar-refractivity contribution in [1.82, 2.24) is 30.2 Å². The van der Waals surface area contributed by atoms with Gasteiger partial charge in [0.2, 0.25) is 0 Å². The number of aryl methyl sites for hydroxylation is 2. The summed E-state index contributed by atoms with van der Waals surface area (Å²) >= 11 is 0. The van der Waals surface area contributed by atoms with Crippen molar-refractivity contribution in [3.8, 4) is 5.69 Å². The van der Waals surface area contributed by atoms with E-state index in [0.717, 1.165) is 28.7 Å². The monoisotopic (exact) mass is 281 g/mol. The third-order valence-corrected chi connectivity index (χ3v) is 3.02. The van der Waals surface area contributed by atoms with Gasteiger partial charge in [-0.25, -0.2) is 9.97 Å². The predicted octanol–water partition coefficient (Wildman–Crippen LogP) is 1.68. The summed E-state index contributed by atoms with van der Waals surface area (Å²) in [6, 6.07) is 9.82. The van der Waals surface area contributed by atoms with Crippen molar-refractivity contribution < 1.29 is 0 Å². The molecule has 106 valence electrons. The van der Waals surface area contributed by atoms with Crippen molar-refractivity contribution in [3.05, 3.63) is 53.9 Å². The molecular weight excluding hydrogens is 266 g/mol. The first kappa shape index (κ1) is 13.2. The number of nitrogens with one attached hydrogen (secondary N) is 1. The Hall–Kier alpha value is -2.83. The summed E-state index contributed by atoms with van der Waals surface area (Å²) in [5, 5.41) is 14.8. The normalized spacial score (nSPS) is 10.6. The van der Waals surface area contributed by atoms with Gasteiger partial charge in [0, 0.05) is 11.9 Å². The van der Waals surface area contributed by atoms with Crippen molar-refractivity contribution in [3.63, 3.8) is 0 Å². The highest BCUT2D eigenvalue weighted by atomic mass is 15.5. The van der Waals surface area contributed by atoms with E-state index < -0.39 is 0 Å². The number of benzene rings is 1. The van der Waals surface area contributed by atoms with Crippen LogP contribution < -0.4 is 5.32 Å². The van der Waals surface area contributed by atoms with E-state index in [1.54, 1.807) is 10.9 Å². The smallest absolute Gasteiger partial charge is 0.153 e. The van der Waals surface area contributed by atoms with Gasteiger partial charge in [0.25, 0.3) is 0 Å². The molecule has 1 aromatic carbocycles. The molecule has 2 heterocycles. The highest BCUT2D eigenvalue weighted by Crippen LogP contribution is 2.15. The van der Waals surface area contributed by atoms with Crippen molar-refractivity contribution in [1.29, 1.82) is 0 Å². The second kappa shape index (κ2) is 5.66. The molecule has 7 heteroatoms. The second-order valence-corrected chi connectivity index (χ2v) is 4.64. The molecule has 1 N–H and O–H groups in total. The summed E-state index contributed by atoms with van der Waals surface area (Å²) in [4.78, 5) is 8.45. The summed E-state index contributed by atoms with van der Waals surface area (Å²) in [6.45, 7) is 4.38. The molecule has 7 nitrogen and oxygen atoms in total. The summed E-state index contributed by atoms with van der Waals surface area (Å²) < 4.78 is 1.69. The van der Waals surface area contributed by atoms with Gasteiger partial charge in [0.1, 0.15) is 5.82 Å². The third kappa shape index (κ3) is 3.02. The van der Waals surface area contributed by atoms with Gasteiger partial charge in [-0.15, -0.1) is 5.10 Å². The van der Waals surface area contributed by atoms with Crippen LogP contribution in [0.4, 0.5) is 5.69 Å². The first-order chi connectivity index (χ1) is 10.2. The minimum absolute atomic E-state index is 0.640. The van der Waals surface area contributed by atoms with Gasteiger partial charge in [-0.3, -0.25) is 0 Å². The Labute approximate surface area is 122 Å². The maximum atomic E-state index is 4.36. The Morgan fingerprint density at radius 1 is 1.19 bits per heavy atom. The molecule has 0 saturated heterocycles. The molecule has 0 radical (unpaired) electrons. The number of tetrazole rings is 1. The molecule has 2 aromatic heterocycles. The van der Waals surface area contributed by atoms with Gasteiger partial charge < -0.3 is 5.32 Å². The molecule has 0 aliphatic rings. The number of anilines is 1. The molecule has 0 saturated carbocycles. The molecule has 0 fully saturated rings. The molecular formula is C14H15N7. The number of hydrogen-bond acceptors (Lipinski definition) is 6. The Morgan fingerprint density at radius 2 is 2.10 bits per heavy atom. The Bertz CT molecular complexity index is 750. The minimum atomic E-state index is 0.640. The SMILES string of the molecule is Cc1nccc(CNc2cccc(-n3nnnc3C)c2)n1. The highest BCUT2D eigenvalue weighted by Gasteiger charge is 2.04. The molecule has 0 aliphatic heterocycles. The largest absolute Gasteiger partial charge is 0.379 e. The fourth-order valence-corrected chi connectivity index (χ4v) is 2.01. The maximum Gasteiger partial charge on any atom is 0.153 e. The zero-order valence-electron chi connectivity index (χ0n) is 11.9. The molecule has 0 atom stereocenters. The number of hydrogen-bond donors (Lipinski definition) is 1. The van der Waals surface area contributed by atoms with Gasteiger partial charge in [-0.1, -0.05) is 6.07 Å². The molecule has 0 aliphatic carbocycles. The van der Waals surface area contributed by atoms with Crippen LogP contribution in [0.15, 0.2) is 36.5 Å². The van der Waals surface area contributed by atoms with Gasteiger partial charge in [0.15, 0.2) is 5.82 Å². The van der Waals surface area contributed by atoms with Crippen LogP contribution in [-0.2, 0) is 6.54 Å². The quantitative estimate of drug-likeness (QED) is 0.783. The first-order valence-electron chi connectivity index (χ1n) is 6.60. The highest BCUT2D eigenvalue weighted by molar-refractivity contribution is 5.51. The van der Waals surface area contributed by atoms with Gasteiger partial charge in [0.05, 0.1) is 17.9 Å². The third-order valence-electron chi connectivity index (χ3n) is 3.02. The second-order valence-electron chi connectivity index (χ2n) is 4.64. The molecule has 0 unspecified atom stereocenters. The molecule has 0 spiro atoms. The van der Waals surface area contributed by atoms with Gasteiger partial charge in [-0.2, -0.15) is 4.68 Å². The van der Waals surface area contributed by atoms with E-state index in [4.69, 9.17) is 0 Å². The topological polar surface area (TPSA) is 81.4 Å². The molecule has 0 amide bonds. The van der Waals surface area contributed by atoms with E-state index in [2.05, 4.69) is 30.8 Å². The Morgan fingerprint density at radius 3 is 2.86 bits per heavy atom. The van der Waals surface area contributed by atoms with E-state index in [1.165, 1.54) is 0 Å². The average molecular weight is 281 g/mol. The van der Waals surface area contributed by atoms with Crippen molar-refractivity contribution in [2.24, 2.45) is 0 Å². The zero-order chi connectivity index (χ0) is 14.7. The van der Waals surface area contributed by atoms with E-state index in [1.807, 2.05) is 44.2 Å². The number of aromatic nitrogens is 6. The molecule has 3 rings (SSSR count). The number of rotatable bonds is 4. The van der Waals surface area contributed by atoms with E-state index >= 15 is 0 Å². The van der Waals surface area contributed by atoms with Crippen LogP contribution in [0.2, 0.25) is 0 Å². The van der Waals surface area contributed by atoms with Crippen LogP contribution >= 0.6 is 0 Å². The lowest BCUT2D eigenvalue weighted by molar-refractivity contribution is 0.779. The van der Waals surface area contributed by atoms with Crippen LogP contribution in [0.5, 0.6) is 0 Å². The molecule has 3 aromatic rings. The maximum absolute atomic E-state index is 4.36. The summed E-state index contributed by atoms with van der Waals surface area (Å²) in [5.41, 5.74) is 2.85. The lowest BCUT2D eigenvalue weighted by Gasteiger charge is -2.08. The minimum Gasteiger partial charge on any atom is -0.379 e. The first-order valence-corrected chi connectivity index (χ1v) is 6.60. The standard InChI is InChI=1S/C14H15N7/c1-10-15-7-6-13(17-10)9-16-12-4-3-5-14(8-12)21-11(2)18-19-20-21/h3-8,16H,9H2,1-2H3. The van der Waals surface area contributed by atoms with Crippen molar-refractivity contribution >= 4 is 5.69 Å².